The normalized spacial score (nSPS) is 16.6. The molecule has 0 aromatic heterocycles. The summed E-state index contributed by atoms with van der Waals surface area (Å²) < 4.78 is 0. The highest BCUT2D eigenvalue weighted by Crippen LogP contribution is 2.19. The van der Waals surface area contributed by atoms with Crippen LogP contribution in [0.2, 0.25) is 0 Å². The van der Waals surface area contributed by atoms with Crippen molar-refractivity contribution in [3.05, 3.63) is 41.5 Å². The Bertz CT molecular complexity index is 476. The topological polar surface area (TPSA) is 55.1 Å². The predicted octanol–water partition coefficient (Wildman–Crippen LogP) is 3.32. The summed E-state index contributed by atoms with van der Waals surface area (Å²) >= 11 is 0. The number of nitrogen functional groups attached to an aromatic ring is 1. The van der Waals surface area contributed by atoms with Gasteiger partial charge in [-0.1, -0.05) is 11.6 Å². The van der Waals surface area contributed by atoms with Gasteiger partial charge in [0.2, 0.25) is 0 Å². The Morgan fingerprint density at radius 3 is 2.70 bits per heavy atom. The lowest BCUT2D eigenvalue weighted by molar-refractivity contribution is 0.0951. The number of benzene rings is 1. The minimum absolute atomic E-state index is 0.127. The summed E-state index contributed by atoms with van der Waals surface area (Å²) in [6.07, 6.45) is 8.49. The number of hydrogen-bond donors (Lipinski definition) is 2. The van der Waals surface area contributed by atoms with Gasteiger partial charge in [0.05, 0.1) is 6.04 Å². The third kappa shape index (κ3) is 4.20. The molecule has 0 saturated carbocycles. The number of hydrogen-bond acceptors (Lipinski definition) is 3. The van der Waals surface area contributed by atoms with Crippen LogP contribution in [0.25, 0.3) is 0 Å². The molecule has 0 radical (unpaired) electrons. The van der Waals surface area contributed by atoms with Crippen molar-refractivity contribution < 1.29 is 4.79 Å². The number of anilines is 1. The lowest BCUT2D eigenvalue weighted by Crippen LogP contribution is -2.34. The molecular formula is C17H24N2O. The van der Waals surface area contributed by atoms with Gasteiger partial charge in [-0.25, -0.2) is 0 Å². The summed E-state index contributed by atoms with van der Waals surface area (Å²) in [4.78, 5) is 12.2. The van der Waals surface area contributed by atoms with Gasteiger partial charge in [-0.05, 0) is 69.8 Å². The molecule has 2 rings (SSSR count). The number of allylic oxidation sites excluding steroid dienone is 1. The molecule has 0 spiro atoms. The largest absolute Gasteiger partial charge is 0.399 e. The van der Waals surface area contributed by atoms with Crippen LogP contribution in [0.5, 0.6) is 0 Å². The lowest BCUT2D eigenvalue weighted by Gasteiger charge is -2.16. The lowest BCUT2D eigenvalue weighted by atomic mass is 9.97. The molecule has 3 N–H and O–H groups in total. The van der Waals surface area contributed by atoms with E-state index in [0.717, 1.165) is 18.5 Å². The Balaban J connectivity index is 1.79. The van der Waals surface area contributed by atoms with Crippen molar-refractivity contribution in [3.8, 4) is 0 Å². The average Bonchev–Trinajstić information content (AvgIpc) is 2.48. The molecule has 1 unspecified atom stereocenters. The van der Waals surface area contributed by atoms with Gasteiger partial charge in [0.15, 0.2) is 5.78 Å². The van der Waals surface area contributed by atoms with Crippen LogP contribution in [0.3, 0.4) is 0 Å². The van der Waals surface area contributed by atoms with E-state index < -0.39 is 0 Å². The maximum absolute atomic E-state index is 12.2. The molecule has 3 heteroatoms. The van der Waals surface area contributed by atoms with Gasteiger partial charge >= 0.3 is 0 Å². The third-order valence-corrected chi connectivity index (χ3v) is 3.87. The van der Waals surface area contributed by atoms with Gasteiger partial charge in [-0.2, -0.15) is 0 Å². The monoisotopic (exact) mass is 272 g/mol. The Kier molecular flexibility index (Phi) is 5.36. The van der Waals surface area contributed by atoms with Gasteiger partial charge in [-0.3, -0.25) is 4.79 Å². The maximum Gasteiger partial charge on any atom is 0.179 e. The van der Waals surface area contributed by atoms with E-state index in [0.29, 0.717) is 5.69 Å². The molecule has 108 valence electrons. The molecular weight excluding hydrogens is 248 g/mol. The molecule has 1 aliphatic carbocycles. The fraction of sp³-hybridized carbons (Fsp3) is 0.471. The summed E-state index contributed by atoms with van der Waals surface area (Å²) in [6, 6.07) is 6.97. The quantitative estimate of drug-likeness (QED) is 0.474. The minimum Gasteiger partial charge on any atom is -0.399 e. The second-order valence-corrected chi connectivity index (χ2v) is 5.52. The predicted molar refractivity (Wildman–Crippen MR) is 83.8 cm³/mol. The summed E-state index contributed by atoms with van der Waals surface area (Å²) in [5, 5.41) is 3.32. The zero-order chi connectivity index (χ0) is 14.4. The van der Waals surface area contributed by atoms with E-state index in [1.807, 2.05) is 6.92 Å². The van der Waals surface area contributed by atoms with Crippen LogP contribution in [0, 0.1) is 0 Å². The standard InChI is InChI=1S/C17H24N2O/c1-13(17(20)15-7-9-16(18)10-8-15)19-12-11-14-5-3-2-4-6-14/h5,7-10,13,19H,2-4,6,11-12,18H2,1H3. The van der Waals surface area contributed by atoms with E-state index in [1.54, 1.807) is 24.3 Å². The van der Waals surface area contributed by atoms with Crippen molar-refractivity contribution in [2.24, 2.45) is 0 Å². The number of nitrogens with one attached hydrogen (secondary N) is 1. The van der Waals surface area contributed by atoms with E-state index in [-0.39, 0.29) is 11.8 Å². The third-order valence-electron chi connectivity index (χ3n) is 3.87. The van der Waals surface area contributed by atoms with Crippen LogP contribution < -0.4 is 11.1 Å². The molecule has 0 heterocycles. The molecule has 0 aliphatic heterocycles. The Morgan fingerprint density at radius 2 is 2.05 bits per heavy atom. The molecule has 1 aromatic carbocycles. The van der Waals surface area contributed by atoms with E-state index in [1.165, 1.54) is 31.3 Å². The van der Waals surface area contributed by atoms with Gasteiger partial charge in [0.25, 0.3) is 0 Å². The second kappa shape index (κ2) is 7.25. The number of Topliss-reactive ketones (excluding diaryl/α,β-unsaturated/α-hetero) is 1. The Labute approximate surface area is 121 Å². The van der Waals surface area contributed by atoms with Crippen LogP contribution in [0.1, 0.15) is 49.4 Å². The molecule has 0 amide bonds. The number of carbonyl (C=O) groups excluding carboxylic acids is 1. The highest BCUT2D eigenvalue weighted by molar-refractivity contribution is 6.00. The van der Waals surface area contributed by atoms with Crippen molar-refractivity contribution in [2.45, 2.75) is 45.1 Å². The number of rotatable bonds is 6. The van der Waals surface area contributed by atoms with Gasteiger partial charge in [-0.15, -0.1) is 0 Å². The zero-order valence-electron chi connectivity index (χ0n) is 12.2. The molecule has 0 bridgehead atoms. The maximum atomic E-state index is 12.2. The molecule has 1 aliphatic rings. The highest BCUT2D eigenvalue weighted by Gasteiger charge is 2.14. The van der Waals surface area contributed by atoms with Crippen LogP contribution >= 0.6 is 0 Å². The molecule has 1 aromatic rings. The van der Waals surface area contributed by atoms with Gasteiger partial charge in [0.1, 0.15) is 0 Å². The summed E-state index contributed by atoms with van der Waals surface area (Å²) in [5.74, 6) is 0.127. The summed E-state index contributed by atoms with van der Waals surface area (Å²) in [6.45, 7) is 2.79. The average molecular weight is 272 g/mol. The first-order valence-corrected chi connectivity index (χ1v) is 7.48. The van der Waals surface area contributed by atoms with Crippen LogP contribution in [0.4, 0.5) is 5.69 Å². The van der Waals surface area contributed by atoms with Crippen LogP contribution in [0.15, 0.2) is 35.9 Å². The van der Waals surface area contributed by atoms with Gasteiger partial charge < -0.3 is 11.1 Å². The second-order valence-electron chi connectivity index (χ2n) is 5.52. The van der Waals surface area contributed by atoms with Crippen molar-refractivity contribution in [1.29, 1.82) is 0 Å². The molecule has 0 saturated heterocycles. The number of nitrogens with two attached hydrogens (primary N) is 1. The van der Waals surface area contributed by atoms with E-state index in [4.69, 9.17) is 5.73 Å². The highest BCUT2D eigenvalue weighted by atomic mass is 16.1. The first-order chi connectivity index (χ1) is 9.66. The Hall–Kier alpha value is -1.61. The fourth-order valence-corrected chi connectivity index (χ4v) is 2.57. The first-order valence-electron chi connectivity index (χ1n) is 7.48. The smallest absolute Gasteiger partial charge is 0.179 e. The SMILES string of the molecule is CC(NCCC1=CCCCC1)C(=O)c1ccc(N)cc1. The van der Waals surface area contributed by atoms with E-state index >= 15 is 0 Å². The van der Waals surface area contributed by atoms with Crippen molar-refractivity contribution in [1.82, 2.24) is 5.32 Å². The van der Waals surface area contributed by atoms with Gasteiger partial charge in [0, 0.05) is 11.3 Å². The molecule has 1 atom stereocenters. The van der Waals surface area contributed by atoms with Crippen molar-refractivity contribution >= 4 is 11.5 Å². The minimum atomic E-state index is -0.150. The van der Waals surface area contributed by atoms with E-state index in [9.17, 15) is 4.79 Å². The summed E-state index contributed by atoms with van der Waals surface area (Å²) in [5.41, 5.74) is 8.58. The molecule has 0 fully saturated rings. The Morgan fingerprint density at radius 1 is 1.30 bits per heavy atom. The van der Waals surface area contributed by atoms with E-state index in [2.05, 4.69) is 11.4 Å². The van der Waals surface area contributed by atoms with Crippen molar-refractivity contribution in [2.75, 3.05) is 12.3 Å². The zero-order valence-corrected chi connectivity index (χ0v) is 12.2. The number of ketones is 1. The summed E-state index contributed by atoms with van der Waals surface area (Å²) in [7, 11) is 0. The fourth-order valence-electron chi connectivity index (χ4n) is 2.57. The first kappa shape index (κ1) is 14.8. The number of carbonyl (C=O) groups is 1. The van der Waals surface area contributed by atoms with Crippen molar-refractivity contribution in [3.63, 3.8) is 0 Å². The molecule has 3 nitrogen and oxygen atoms in total. The van der Waals surface area contributed by atoms with Crippen LogP contribution in [-0.2, 0) is 0 Å². The van der Waals surface area contributed by atoms with Crippen LogP contribution in [-0.4, -0.2) is 18.4 Å². The molecule has 20 heavy (non-hydrogen) atoms.